The molecule has 0 spiro atoms. The second kappa shape index (κ2) is 3.88. The molecular weight excluding hydrogens is 130 g/mol. The molecule has 4 heteroatoms. The normalized spacial score (nSPS) is 10.0. The summed E-state index contributed by atoms with van der Waals surface area (Å²) in [5.41, 5.74) is 0. The molecule has 0 fully saturated rings. The molecule has 0 radical (unpaired) electrons. The van der Waals surface area contributed by atoms with Gasteiger partial charge in [-0.2, -0.15) is 8.78 Å². The zero-order chi connectivity index (χ0) is 7.28. The van der Waals surface area contributed by atoms with E-state index in [1.165, 1.54) is 0 Å². The fourth-order valence-corrected chi connectivity index (χ4v) is 0.244. The van der Waals surface area contributed by atoms with Crippen LogP contribution in [0.5, 0.6) is 0 Å². The highest BCUT2D eigenvalue weighted by Crippen LogP contribution is 1.87. The summed E-state index contributed by atoms with van der Waals surface area (Å²) in [5, 5.41) is 0. The van der Waals surface area contributed by atoms with Gasteiger partial charge in [-0.25, -0.2) is 0 Å². The third-order valence-electron chi connectivity index (χ3n) is 0.527. The molecule has 0 amide bonds. The summed E-state index contributed by atoms with van der Waals surface area (Å²) in [6, 6.07) is -3.27. The lowest BCUT2D eigenvalue weighted by Crippen LogP contribution is -1.83. The second-order valence-corrected chi connectivity index (χ2v) is 1.27. The molecular formula is C5H4F2O2. The van der Waals surface area contributed by atoms with Gasteiger partial charge in [0.15, 0.2) is 0 Å². The van der Waals surface area contributed by atoms with Gasteiger partial charge in [-0.05, 0) is 0 Å². The van der Waals surface area contributed by atoms with Crippen molar-refractivity contribution in [1.29, 1.82) is 0 Å². The van der Waals surface area contributed by atoms with E-state index >= 15 is 0 Å². The van der Waals surface area contributed by atoms with Gasteiger partial charge >= 0.3 is 12.1 Å². The molecule has 2 nitrogen and oxygen atoms in total. The van der Waals surface area contributed by atoms with E-state index in [1.54, 1.807) is 0 Å². The summed E-state index contributed by atoms with van der Waals surface area (Å²) in [5.74, 6) is 0. The van der Waals surface area contributed by atoms with Crippen molar-refractivity contribution < 1.29 is 18.4 Å². The number of allylic oxidation sites excluding steroid dienone is 2. The van der Waals surface area contributed by atoms with E-state index in [1.807, 2.05) is 0 Å². The summed E-state index contributed by atoms with van der Waals surface area (Å²) in [6.45, 7) is 0. The van der Waals surface area contributed by atoms with Gasteiger partial charge in [0.25, 0.3) is 0 Å². The van der Waals surface area contributed by atoms with Gasteiger partial charge in [-0.3, -0.25) is 9.59 Å². The predicted octanol–water partition coefficient (Wildman–Crippen LogP) is 0.925. The monoisotopic (exact) mass is 134 g/mol. The van der Waals surface area contributed by atoms with Crippen LogP contribution in [0.4, 0.5) is 8.78 Å². The van der Waals surface area contributed by atoms with Crippen LogP contribution in [-0.2, 0) is 9.59 Å². The first-order valence-electron chi connectivity index (χ1n) is 2.17. The lowest BCUT2D eigenvalue weighted by atomic mass is 10.4. The number of rotatable bonds is 3. The number of hydrogen-bond donors (Lipinski definition) is 0. The summed E-state index contributed by atoms with van der Waals surface area (Å²) >= 11 is 0. The minimum Gasteiger partial charge on any atom is -0.261 e. The fraction of sp³-hybridized carbons (Fsp3) is 0.200. The van der Waals surface area contributed by atoms with E-state index in [0.717, 1.165) is 6.08 Å². The Morgan fingerprint density at radius 1 is 1.33 bits per heavy atom. The molecule has 0 unspecified atom stereocenters. The SMILES string of the molecule is O=C(F)C=CCC(=O)F. The molecule has 0 aliphatic rings. The second-order valence-electron chi connectivity index (χ2n) is 1.27. The van der Waals surface area contributed by atoms with E-state index in [-0.39, 0.29) is 0 Å². The van der Waals surface area contributed by atoms with Crippen LogP contribution >= 0.6 is 0 Å². The lowest BCUT2D eigenvalue weighted by Gasteiger charge is -1.75. The zero-order valence-electron chi connectivity index (χ0n) is 4.43. The van der Waals surface area contributed by atoms with Crippen LogP contribution in [0.3, 0.4) is 0 Å². The standard InChI is InChI=1S/C5H4F2O2/c6-4(8)2-1-3-5(7)9/h1-2H,3H2. The first-order chi connectivity index (χ1) is 4.13. The third-order valence-corrected chi connectivity index (χ3v) is 0.527. The van der Waals surface area contributed by atoms with E-state index in [2.05, 4.69) is 0 Å². The molecule has 0 aliphatic carbocycles. The van der Waals surface area contributed by atoms with Crippen LogP contribution in [0.2, 0.25) is 0 Å². The Hall–Kier alpha value is -1.06. The van der Waals surface area contributed by atoms with E-state index in [9.17, 15) is 18.4 Å². The summed E-state index contributed by atoms with van der Waals surface area (Å²) in [6.07, 6.45) is 0.776. The average molecular weight is 134 g/mol. The first-order valence-corrected chi connectivity index (χ1v) is 2.17. The number of carbonyl (C=O) groups excluding carboxylic acids is 2. The predicted molar refractivity (Wildman–Crippen MR) is 26.0 cm³/mol. The van der Waals surface area contributed by atoms with E-state index in [4.69, 9.17) is 0 Å². The molecule has 0 atom stereocenters. The molecule has 0 aliphatic heterocycles. The lowest BCUT2D eigenvalue weighted by molar-refractivity contribution is -0.128. The van der Waals surface area contributed by atoms with Crippen LogP contribution in [0.1, 0.15) is 6.42 Å². The average Bonchev–Trinajstić information content (AvgIpc) is 1.63. The highest BCUT2D eigenvalue weighted by Gasteiger charge is 1.92. The maximum Gasteiger partial charge on any atom is 0.324 e. The summed E-state index contributed by atoms with van der Waals surface area (Å²) in [7, 11) is 0. The van der Waals surface area contributed by atoms with E-state index in [0.29, 0.717) is 6.08 Å². The van der Waals surface area contributed by atoms with Gasteiger partial charge in [0.05, 0.1) is 6.42 Å². The van der Waals surface area contributed by atoms with Gasteiger partial charge in [0, 0.05) is 6.08 Å². The molecule has 0 saturated carbocycles. The van der Waals surface area contributed by atoms with Crippen molar-refractivity contribution >= 4 is 12.1 Å². The van der Waals surface area contributed by atoms with Crippen molar-refractivity contribution in [3.8, 4) is 0 Å². The third kappa shape index (κ3) is 6.94. The Kier molecular flexibility index (Phi) is 3.43. The highest BCUT2D eigenvalue weighted by molar-refractivity contribution is 5.81. The number of hydrogen-bond acceptors (Lipinski definition) is 2. The van der Waals surface area contributed by atoms with Gasteiger partial charge in [-0.1, -0.05) is 6.08 Å². The number of carbonyl (C=O) groups is 2. The highest BCUT2D eigenvalue weighted by atomic mass is 19.1. The molecule has 50 valence electrons. The zero-order valence-corrected chi connectivity index (χ0v) is 4.43. The van der Waals surface area contributed by atoms with Crippen molar-refractivity contribution in [3.05, 3.63) is 12.2 Å². The molecule has 0 aromatic carbocycles. The molecule has 0 saturated heterocycles. The van der Waals surface area contributed by atoms with Gasteiger partial charge in [0.2, 0.25) is 0 Å². The smallest absolute Gasteiger partial charge is 0.261 e. The van der Waals surface area contributed by atoms with Crippen molar-refractivity contribution in [2.24, 2.45) is 0 Å². The molecule has 0 aromatic rings. The van der Waals surface area contributed by atoms with Crippen LogP contribution < -0.4 is 0 Å². The molecule has 9 heavy (non-hydrogen) atoms. The maximum absolute atomic E-state index is 11.2. The van der Waals surface area contributed by atoms with Gasteiger partial charge in [-0.15, -0.1) is 0 Å². The van der Waals surface area contributed by atoms with Crippen molar-refractivity contribution in [2.75, 3.05) is 0 Å². The molecule has 0 aromatic heterocycles. The molecule has 0 N–H and O–H groups in total. The van der Waals surface area contributed by atoms with E-state index < -0.39 is 18.5 Å². The minimum atomic E-state index is -1.68. The van der Waals surface area contributed by atoms with Crippen LogP contribution in [0, 0.1) is 0 Å². The Morgan fingerprint density at radius 3 is 2.22 bits per heavy atom. The minimum absolute atomic E-state index is 0.498. The Morgan fingerprint density at radius 2 is 1.89 bits per heavy atom. The van der Waals surface area contributed by atoms with Crippen LogP contribution in [0.15, 0.2) is 12.2 Å². The fourth-order valence-electron chi connectivity index (χ4n) is 0.244. The van der Waals surface area contributed by atoms with Crippen LogP contribution in [-0.4, -0.2) is 12.1 Å². The molecule has 0 bridgehead atoms. The number of halogens is 2. The quantitative estimate of drug-likeness (QED) is 0.425. The Bertz CT molecular complexity index is 151. The molecule has 0 rings (SSSR count). The van der Waals surface area contributed by atoms with Crippen molar-refractivity contribution in [2.45, 2.75) is 6.42 Å². The van der Waals surface area contributed by atoms with Crippen molar-refractivity contribution in [3.63, 3.8) is 0 Å². The van der Waals surface area contributed by atoms with Crippen molar-refractivity contribution in [1.82, 2.24) is 0 Å². The van der Waals surface area contributed by atoms with Gasteiger partial charge in [0.1, 0.15) is 0 Å². The summed E-state index contributed by atoms with van der Waals surface area (Å²) < 4.78 is 22.4. The summed E-state index contributed by atoms with van der Waals surface area (Å²) in [4.78, 5) is 18.9. The first kappa shape index (κ1) is 7.94. The largest absolute Gasteiger partial charge is 0.324 e. The Labute approximate surface area is 50.2 Å². The maximum atomic E-state index is 11.2. The molecule has 0 heterocycles. The van der Waals surface area contributed by atoms with Crippen LogP contribution in [0.25, 0.3) is 0 Å². The Balaban J connectivity index is 3.48. The topological polar surface area (TPSA) is 34.1 Å². The van der Waals surface area contributed by atoms with Gasteiger partial charge < -0.3 is 0 Å².